The van der Waals surface area contributed by atoms with Gasteiger partial charge >= 0.3 is 0 Å². The Balaban J connectivity index is 3.53. The molecule has 0 aliphatic carbocycles. The number of ether oxygens (including phenoxy) is 1. The van der Waals surface area contributed by atoms with Crippen LogP contribution in [0.4, 0.5) is 0 Å². The van der Waals surface area contributed by atoms with E-state index in [-0.39, 0.29) is 17.4 Å². The van der Waals surface area contributed by atoms with E-state index in [0.717, 1.165) is 38.8 Å². The maximum Gasteiger partial charge on any atom is 0.221 e. The van der Waals surface area contributed by atoms with Crippen LogP contribution in [0.15, 0.2) is 0 Å². The molecule has 0 fully saturated rings. The van der Waals surface area contributed by atoms with Gasteiger partial charge in [0.1, 0.15) is 0 Å². The van der Waals surface area contributed by atoms with Gasteiger partial charge in [-0.2, -0.15) is 0 Å². The van der Waals surface area contributed by atoms with Crippen LogP contribution in [0.2, 0.25) is 0 Å². The van der Waals surface area contributed by atoms with Gasteiger partial charge in [0.15, 0.2) is 0 Å². The maximum atomic E-state index is 11.6. The monoisotopic (exact) mass is 258 g/mol. The maximum absolute atomic E-state index is 11.6. The van der Waals surface area contributed by atoms with Gasteiger partial charge in [0.05, 0.1) is 0 Å². The van der Waals surface area contributed by atoms with E-state index in [9.17, 15) is 4.79 Å². The molecule has 4 nitrogen and oxygen atoms in total. The molecule has 0 aromatic rings. The molecule has 0 saturated heterocycles. The van der Waals surface area contributed by atoms with Gasteiger partial charge in [-0.3, -0.25) is 4.79 Å². The van der Waals surface area contributed by atoms with Gasteiger partial charge in [-0.25, -0.2) is 0 Å². The molecule has 0 spiro atoms. The van der Waals surface area contributed by atoms with Gasteiger partial charge in [-0.1, -0.05) is 20.8 Å². The zero-order valence-electron chi connectivity index (χ0n) is 12.4. The predicted molar refractivity (Wildman–Crippen MR) is 75.4 cm³/mol. The second-order valence-electron chi connectivity index (χ2n) is 6.13. The molecule has 1 atom stereocenters. The van der Waals surface area contributed by atoms with Crippen molar-refractivity contribution in [2.75, 3.05) is 20.3 Å². The number of carbonyl (C=O) groups is 1. The average Bonchev–Trinajstić information content (AvgIpc) is 2.20. The Kier molecular flexibility index (Phi) is 9.02. The predicted octanol–water partition coefficient (Wildman–Crippen LogP) is 2.07. The molecule has 0 bridgehead atoms. The Hall–Kier alpha value is -0.610. The third kappa shape index (κ3) is 11.9. The zero-order valence-corrected chi connectivity index (χ0v) is 12.4. The summed E-state index contributed by atoms with van der Waals surface area (Å²) in [7, 11) is 1.71. The second-order valence-corrected chi connectivity index (χ2v) is 6.13. The van der Waals surface area contributed by atoms with Crippen LogP contribution in [0.1, 0.15) is 52.9 Å². The summed E-state index contributed by atoms with van der Waals surface area (Å²) in [5, 5.41) is 2.92. The highest BCUT2D eigenvalue weighted by atomic mass is 16.5. The molecular formula is C14H30N2O2. The summed E-state index contributed by atoms with van der Waals surface area (Å²) in [6.45, 7) is 7.96. The second kappa shape index (κ2) is 9.34. The van der Waals surface area contributed by atoms with Crippen LogP contribution in [0, 0.1) is 5.41 Å². The number of rotatable bonds is 9. The molecule has 0 aromatic heterocycles. The van der Waals surface area contributed by atoms with Crippen molar-refractivity contribution in [2.45, 2.75) is 58.9 Å². The van der Waals surface area contributed by atoms with Crippen molar-refractivity contribution in [3.05, 3.63) is 0 Å². The third-order valence-electron chi connectivity index (χ3n) is 2.67. The lowest BCUT2D eigenvalue weighted by Crippen LogP contribution is -2.34. The largest absolute Gasteiger partial charge is 0.385 e. The van der Waals surface area contributed by atoms with E-state index < -0.39 is 0 Å². The Bertz CT molecular complexity index is 224. The number of hydrogen-bond acceptors (Lipinski definition) is 3. The van der Waals surface area contributed by atoms with E-state index >= 15 is 0 Å². The first-order chi connectivity index (χ1) is 8.35. The molecule has 0 saturated carbocycles. The SMILES string of the molecule is COCCCCCNC(=O)CC(N)CC(C)(C)C. The smallest absolute Gasteiger partial charge is 0.221 e. The van der Waals surface area contributed by atoms with E-state index in [1.165, 1.54) is 0 Å². The van der Waals surface area contributed by atoms with E-state index in [0.29, 0.717) is 6.42 Å². The lowest BCUT2D eigenvalue weighted by atomic mass is 9.87. The fourth-order valence-electron chi connectivity index (χ4n) is 1.95. The summed E-state index contributed by atoms with van der Waals surface area (Å²) in [6.07, 6.45) is 4.44. The van der Waals surface area contributed by atoms with Crippen LogP contribution in [-0.4, -0.2) is 32.2 Å². The molecule has 0 aliphatic heterocycles. The van der Waals surface area contributed by atoms with Crippen molar-refractivity contribution in [1.29, 1.82) is 0 Å². The number of hydrogen-bond donors (Lipinski definition) is 2. The molecular weight excluding hydrogens is 228 g/mol. The Morgan fingerprint density at radius 1 is 1.28 bits per heavy atom. The number of amides is 1. The van der Waals surface area contributed by atoms with Gasteiger partial charge in [0, 0.05) is 32.7 Å². The van der Waals surface area contributed by atoms with Crippen molar-refractivity contribution in [2.24, 2.45) is 11.1 Å². The highest BCUT2D eigenvalue weighted by Crippen LogP contribution is 2.20. The first kappa shape index (κ1) is 17.4. The number of nitrogens with two attached hydrogens (primary N) is 1. The van der Waals surface area contributed by atoms with Crippen LogP contribution in [0.5, 0.6) is 0 Å². The summed E-state index contributed by atoms with van der Waals surface area (Å²) in [5.41, 5.74) is 6.13. The van der Waals surface area contributed by atoms with Crippen molar-refractivity contribution in [1.82, 2.24) is 5.32 Å². The normalized spacial score (nSPS) is 13.4. The van der Waals surface area contributed by atoms with Crippen molar-refractivity contribution < 1.29 is 9.53 Å². The summed E-state index contributed by atoms with van der Waals surface area (Å²) in [6, 6.07) is -0.0431. The Morgan fingerprint density at radius 3 is 2.50 bits per heavy atom. The summed E-state index contributed by atoms with van der Waals surface area (Å²) in [5.74, 6) is 0.0680. The fraction of sp³-hybridized carbons (Fsp3) is 0.929. The number of methoxy groups -OCH3 is 1. The highest BCUT2D eigenvalue weighted by Gasteiger charge is 2.17. The molecule has 1 amide bonds. The quantitative estimate of drug-likeness (QED) is 0.622. The van der Waals surface area contributed by atoms with Crippen LogP contribution >= 0.6 is 0 Å². The summed E-state index contributed by atoms with van der Waals surface area (Å²) < 4.78 is 4.96. The first-order valence-electron chi connectivity index (χ1n) is 6.86. The zero-order chi connectivity index (χ0) is 14.0. The first-order valence-corrected chi connectivity index (χ1v) is 6.86. The average molecular weight is 258 g/mol. The minimum atomic E-state index is -0.0431. The molecule has 4 heteroatoms. The fourth-order valence-corrected chi connectivity index (χ4v) is 1.95. The number of unbranched alkanes of at least 4 members (excludes halogenated alkanes) is 2. The van der Waals surface area contributed by atoms with Gasteiger partial charge in [-0.15, -0.1) is 0 Å². The topological polar surface area (TPSA) is 64.3 Å². The van der Waals surface area contributed by atoms with Crippen LogP contribution in [0.25, 0.3) is 0 Å². The molecule has 0 aromatic carbocycles. The van der Waals surface area contributed by atoms with Gasteiger partial charge in [0.25, 0.3) is 0 Å². The van der Waals surface area contributed by atoms with E-state index in [2.05, 4.69) is 26.1 Å². The minimum absolute atomic E-state index is 0.0431. The van der Waals surface area contributed by atoms with Crippen LogP contribution in [0.3, 0.4) is 0 Å². The van der Waals surface area contributed by atoms with Crippen molar-refractivity contribution in [3.8, 4) is 0 Å². The molecule has 18 heavy (non-hydrogen) atoms. The lowest BCUT2D eigenvalue weighted by molar-refractivity contribution is -0.121. The molecule has 0 aliphatic rings. The molecule has 1 unspecified atom stereocenters. The highest BCUT2D eigenvalue weighted by molar-refractivity contribution is 5.76. The molecule has 0 heterocycles. The van der Waals surface area contributed by atoms with Gasteiger partial charge in [0.2, 0.25) is 5.91 Å². The van der Waals surface area contributed by atoms with Crippen molar-refractivity contribution >= 4 is 5.91 Å². The van der Waals surface area contributed by atoms with E-state index in [1.54, 1.807) is 7.11 Å². The van der Waals surface area contributed by atoms with Crippen LogP contribution in [-0.2, 0) is 9.53 Å². The Morgan fingerprint density at radius 2 is 1.94 bits per heavy atom. The molecule has 3 N–H and O–H groups in total. The molecule has 0 rings (SSSR count). The lowest BCUT2D eigenvalue weighted by Gasteiger charge is -2.22. The summed E-state index contributed by atoms with van der Waals surface area (Å²) in [4.78, 5) is 11.6. The van der Waals surface area contributed by atoms with E-state index in [1.807, 2.05) is 0 Å². The number of nitrogens with one attached hydrogen (secondary N) is 1. The van der Waals surface area contributed by atoms with Gasteiger partial charge in [-0.05, 0) is 31.1 Å². The summed E-state index contributed by atoms with van der Waals surface area (Å²) >= 11 is 0. The van der Waals surface area contributed by atoms with Gasteiger partial charge < -0.3 is 15.8 Å². The number of carbonyl (C=O) groups excluding carboxylic acids is 1. The van der Waals surface area contributed by atoms with E-state index in [4.69, 9.17) is 10.5 Å². The standard InChI is InChI=1S/C14H30N2O2/c1-14(2,3)11-12(15)10-13(17)16-8-6-5-7-9-18-4/h12H,5-11,15H2,1-4H3,(H,16,17). The molecule has 108 valence electrons. The van der Waals surface area contributed by atoms with Crippen molar-refractivity contribution in [3.63, 3.8) is 0 Å². The Labute approximate surface area is 112 Å². The molecule has 0 radical (unpaired) electrons. The minimum Gasteiger partial charge on any atom is -0.385 e. The van der Waals surface area contributed by atoms with Crippen LogP contribution < -0.4 is 11.1 Å². The third-order valence-corrected chi connectivity index (χ3v) is 2.67.